The second-order valence-electron chi connectivity index (χ2n) is 4.01. The fourth-order valence-electron chi connectivity index (χ4n) is 1.57. The average Bonchev–Trinajstić information content (AvgIpc) is 2.53. The van der Waals surface area contributed by atoms with Gasteiger partial charge in [0.1, 0.15) is 0 Å². The molecule has 20 heavy (non-hydrogen) atoms. The van der Waals surface area contributed by atoms with Crippen molar-refractivity contribution in [1.82, 2.24) is 4.72 Å². The summed E-state index contributed by atoms with van der Waals surface area (Å²) in [4.78, 5) is 23.7. The minimum atomic E-state index is -0.282. The van der Waals surface area contributed by atoms with Gasteiger partial charge in [-0.25, -0.2) is 0 Å². The molecule has 2 aromatic rings. The summed E-state index contributed by atoms with van der Waals surface area (Å²) in [5, 5.41) is 2.78. The summed E-state index contributed by atoms with van der Waals surface area (Å²) in [5.74, 6) is -0.282. The minimum Gasteiger partial charge on any atom is -0.388 e. The van der Waals surface area contributed by atoms with Crippen LogP contribution in [0.5, 0.6) is 0 Å². The van der Waals surface area contributed by atoms with Crippen molar-refractivity contribution in [3.8, 4) is 0 Å². The third kappa shape index (κ3) is 3.61. The van der Waals surface area contributed by atoms with Crippen LogP contribution in [0.4, 0.5) is 5.69 Å². The average molecular weight is 286 g/mol. The fraction of sp³-hybridized carbons (Fsp3) is 0.0667. The largest absolute Gasteiger partial charge is 0.388 e. The number of rotatable bonds is 3. The zero-order chi connectivity index (χ0) is 14.4. The van der Waals surface area contributed by atoms with Crippen molar-refractivity contribution in [1.29, 1.82) is 0 Å². The molecule has 2 N–H and O–H groups in total. The number of nitrogens with one attached hydrogen (secondary N) is 2. The molecule has 4 nitrogen and oxygen atoms in total. The van der Waals surface area contributed by atoms with Crippen molar-refractivity contribution in [2.24, 2.45) is 0 Å². The SMILES string of the molecule is CNc1ccc(C(=O)SNC(=O)c2ccccc2)cc1. The summed E-state index contributed by atoms with van der Waals surface area (Å²) in [6.07, 6.45) is 0. The Balaban J connectivity index is 1.93. The first-order chi connectivity index (χ1) is 9.70. The van der Waals surface area contributed by atoms with Crippen LogP contribution in [0, 0.1) is 0 Å². The third-order valence-electron chi connectivity index (χ3n) is 2.68. The Morgan fingerprint density at radius 3 is 2.15 bits per heavy atom. The molecule has 2 rings (SSSR count). The number of amides is 1. The molecule has 2 aromatic carbocycles. The Labute approximate surface area is 121 Å². The normalized spacial score (nSPS) is 9.85. The van der Waals surface area contributed by atoms with E-state index in [0.717, 1.165) is 17.6 Å². The molecule has 0 saturated carbocycles. The highest BCUT2D eigenvalue weighted by molar-refractivity contribution is 8.12. The predicted octanol–water partition coefficient (Wildman–Crippen LogP) is 2.95. The van der Waals surface area contributed by atoms with E-state index in [1.54, 1.807) is 36.4 Å². The number of benzene rings is 2. The van der Waals surface area contributed by atoms with Gasteiger partial charge in [0.25, 0.3) is 5.91 Å². The third-order valence-corrected chi connectivity index (χ3v) is 3.39. The van der Waals surface area contributed by atoms with E-state index in [4.69, 9.17) is 0 Å². The van der Waals surface area contributed by atoms with Crippen molar-refractivity contribution < 1.29 is 9.59 Å². The molecule has 0 aliphatic carbocycles. The van der Waals surface area contributed by atoms with Gasteiger partial charge < -0.3 is 5.32 Å². The second kappa shape index (κ2) is 6.77. The van der Waals surface area contributed by atoms with E-state index < -0.39 is 0 Å². The predicted molar refractivity (Wildman–Crippen MR) is 81.8 cm³/mol. The van der Waals surface area contributed by atoms with Crippen molar-refractivity contribution in [2.45, 2.75) is 0 Å². The van der Waals surface area contributed by atoms with Crippen LogP contribution in [0.2, 0.25) is 0 Å². The molecule has 0 bridgehead atoms. The lowest BCUT2D eigenvalue weighted by Gasteiger charge is -2.04. The van der Waals surface area contributed by atoms with Gasteiger partial charge in [-0.2, -0.15) is 0 Å². The molecular formula is C15H14N2O2S. The maximum absolute atomic E-state index is 11.9. The van der Waals surface area contributed by atoms with Gasteiger partial charge >= 0.3 is 0 Å². The van der Waals surface area contributed by atoms with Gasteiger partial charge in [0.15, 0.2) is 0 Å². The Bertz CT molecular complexity index is 597. The van der Waals surface area contributed by atoms with Gasteiger partial charge in [-0.3, -0.25) is 14.3 Å². The van der Waals surface area contributed by atoms with Crippen LogP contribution in [0.3, 0.4) is 0 Å². The fourth-order valence-corrected chi connectivity index (χ4v) is 2.13. The highest BCUT2D eigenvalue weighted by Gasteiger charge is 2.10. The first-order valence-electron chi connectivity index (χ1n) is 6.05. The molecule has 0 aliphatic rings. The topological polar surface area (TPSA) is 58.2 Å². The summed E-state index contributed by atoms with van der Waals surface area (Å²) in [5.41, 5.74) is 2.00. The molecule has 0 radical (unpaired) electrons. The molecule has 102 valence electrons. The zero-order valence-electron chi connectivity index (χ0n) is 10.9. The van der Waals surface area contributed by atoms with Gasteiger partial charge in [0.2, 0.25) is 5.12 Å². The van der Waals surface area contributed by atoms with Crippen LogP contribution >= 0.6 is 11.9 Å². The molecule has 0 aliphatic heterocycles. The summed E-state index contributed by atoms with van der Waals surface area (Å²) in [6.45, 7) is 0. The molecule has 0 spiro atoms. The lowest BCUT2D eigenvalue weighted by Crippen LogP contribution is -2.18. The molecular weight excluding hydrogens is 272 g/mol. The van der Waals surface area contributed by atoms with Gasteiger partial charge in [-0.1, -0.05) is 18.2 Å². The van der Waals surface area contributed by atoms with Crippen LogP contribution in [0.1, 0.15) is 20.7 Å². The van der Waals surface area contributed by atoms with Crippen LogP contribution in [-0.2, 0) is 0 Å². The molecule has 0 heterocycles. The van der Waals surface area contributed by atoms with Crippen molar-refractivity contribution in [3.63, 3.8) is 0 Å². The van der Waals surface area contributed by atoms with Crippen molar-refractivity contribution in [2.75, 3.05) is 12.4 Å². The van der Waals surface area contributed by atoms with Gasteiger partial charge in [-0.15, -0.1) is 0 Å². The molecule has 0 atom stereocenters. The minimum absolute atomic E-state index is 0.197. The standard InChI is InChI=1S/C15H14N2O2S/c1-16-13-9-7-12(8-10-13)15(19)20-17-14(18)11-5-3-2-4-6-11/h2-10,16H,1H3,(H,17,18). The maximum Gasteiger partial charge on any atom is 0.261 e. The Morgan fingerprint density at radius 1 is 0.900 bits per heavy atom. The van der Waals surface area contributed by atoms with E-state index in [-0.39, 0.29) is 11.0 Å². The smallest absolute Gasteiger partial charge is 0.261 e. The van der Waals surface area contributed by atoms with Crippen molar-refractivity contribution in [3.05, 3.63) is 65.7 Å². The molecule has 0 unspecified atom stereocenters. The highest BCUT2D eigenvalue weighted by Crippen LogP contribution is 2.14. The number of hydrogen-bond donors (Lipinski definition) is 2. The van der Waals surface area contributed by atoms with Crippen LogP contribution in [0.25, 0.3) is 0 Å². The van der Waals surface area contributed by atoms with E-state index >= 15 is 0 Å². The lowest BCUT2D eigenvalue weighted by molar-refractivity contribution is 0.0978. The van der Waals surface area contributed by atoms with Gasteiger partial charge in [0.05, 0.1) is 0 Å². The summed E-state index contributed by atoms with van der Waals surface area (Å²) in [6, 6.07) is 15.8. The van der Waals surface area contributed by atoms with E-state index in [2.05, 4.69) is 10.0 Å². The van der Waals surface area contributed by atoms with Crippen LogP contribution in [-0.4, -0.2) is 18.1 Å². The first-order valence-corrected chi connectivity index (χ1v) is 6.87. The summed E-state index contributed by atoms with van der Waals surface area (Å²) in [7, 11) is 1.81. The van der Waals surface area contributed by atoms with Gasteiger partial charge in [-0.05, 0) is 36.4 Å². The number of hydrogen-bond acceptors (Lipinski definition) is 4. The lowest BCUT2D eigenvalue weighted by atomic mass is 10.2. The molecule has 0 saturated heterocycles. The number of anilines is 1. The van der Waals surface area contributed by atoms with Crippen LogP contribution in [0.15, 0.2) is 54.6 Å². The molecule has 5 heteroatoms. The quantitative estimate of drug-likeness (QED) is 0.852. The number of carbonyl (C=O) groups is 2. The highest BCUT2D eigenvalue weighted by atomic mass is 32.2. The van der Waals surface area contributed by atoms with E-state index in [1.807, 2.05) is 25.2 Å². The summed E-state index contributed by atoms with van der Waals surface area (Å²) < 4.78 is 2.54. The summed E-state index contributed by atoms with van der Waals surface area (Å²) >= 11 is 0.787. The second-order valence-corrected chi connectivity index (χ2v) is 4.79. The first kappa shape index (κ1) is 14.1. The van der Waals surface area contributed by atoms with E-state index in [9.17, 15) is 9.59 Å². The van der Waals surface area contributed by atoms with Crippen LogP contribution < -0.4 is 10.0 Å². The Morgan fingerprint density at radius 2 is 1.55 bits per heavy atom. The Kier molecular flexibility index (Phi) is 4.79. The number of carbonyl (C=O) groups excluding carboxylic acids is 2. The van der Waals surface area contributed by atoms with E-state index in [0.29, 0.717) is 11.1 Å². The maximum atomic E-state index is 11.9. The molecule has 0 aromatic heterocycles. The molecule has 0 fully saturated rings. The van der Waals surface area contributed by atoms with Crippen molar-refractivity contribution >= 4 is 28.7 Å². The Hall–Kier alpha value is -2.27. The van der Waals surface area contributed by atoms with Gasteiger partial charge in [0, 0.05) is 35.8 Å². The zero-order valence-corrected chi connectivity index (χ0v) is 11.7. The monoisotopic (exact) mass is 286 g/mol. The van der Waals surface area contributed by atoms with E-state index in [1.165, 1.54) is 0 Å². The molecule has 1 amide bonds.